The molecular weight excluding hydrogens is 539 g/mol. The van der Waals surface area contributed by atoms with Crippen LogP contribution in [-0.2, 0) is 0 Å². The van der Waals surface area contributed by atoms with Crippen molar-refractivity contribution in [3.05, 3.63) is 98.7 Å². The van der Waals surface area contributed by atoms with Gasteiger partial charge in [0.25, 0.3) is 11.6 Å². The molecular formula is C25H14Cl2N4O5S. The monoisotopic (exact) mass is 552 g/mol. The molecule has 0 unspecified atom stereocenters. The molecule has 0 spiro atoms. The summed E-state index contributed by atoms with van der Waals surface area (Å²) in [6.07, 6.45) is 0. The van der Waals surface area contributed by atoms with Gasteiger partial charge in [0.15, 0.2) is 16.5 Å². The zero-order valence-corrected chi connectivity index (χ0v) is 20.9. The van der Waals surface area contributed by atoms with E-state index in [-0.39, 0.29) is 16.6 Å². The zero-order chi connectivity index (χ0) is 26.1. The molecule has 37 heavy (non-hydrogen) atoms. The number of thiocarbonyl (C=S) groups is 1. The van der Waals surface area contributed by atoms with E-state index < -0.39 is 10.8 Å². The van der Waals surface area contributed by atoms with E-state index >= 15 is 0 Å². The summed E-state index contributed by atoms with van der Waals surface area (Å²) < 4.78 is 11.4. The molecule has 0 aliphatic rings. The van der Waals surface area contributed by atoms with Crippen LogP contribution in [0.1, 0.15) is 10.6 Å². The number of furan rings is 1. The number of hydrogen-bond donors (Lipinski definition) is 2. The number of non-ortho nitro benzene ring substituents is 1. The van der Waals surface area contributed by atoms with E-state index in [1.807, 2.05) is 0 Å². The minimum atomic E-state index is -0.587. The fourth-order valence-electron chi connectivity index (χ4n) is 3.50. The first-order valence-corrected chi connectivity index (χ1v) is 11.8. The number of carbonyl (C=O) groups is 1. The Hall–Kier alpha value is -4.25. The lowest BCUT2D eigenvalue weighted by Gasteiger charge is -2.08. The molecule has 0 fully saturated rings. The number of halogens is 2. The van der Waals surface area contributed by atoms with Crippen molar-refractivity contribution in [2.24, 2.45) is 0 Å². The van der Waals surface area contributed by atoms with Crippen LogP contribution in [0.15, 0.2) is 81.6 Å². The highest BCUT2D eigenvalue weighted by Gasteiger charge is 2.16. The van der Waals surface area contributed by atoms with Gasteiger partial charge in [0.05, 0.1) is 15.5 Å². The van der Waals surface area contributed by atoms with Gasteiger partial charge in [-0.25, -0.2) is 4.98 Å². The summed E-state index contributed by atoms with van der Waals surface area (Å²) in [5.74, 6) is 0.0429. The number of nitrogens with zero attached hydrogens (tertiary/aromatic N) is 2. The first-order valence-electron chi connectivity index (χ1n) is 10.6. The Morgan fingerprint density at radius 3 is 2.62 bits per heavy atom. The van der Waals surface area contributed by atoms with Gasteiger partial charge in [-0.1, -0.05) is 35.3 Å². The Balaban J connectivity index is 1.27. The molecule has 0 bridgehead atoms. The molecule has 0 aliphatic carbocycles. The summed E-state index contributed by atoms with van der Waals surface area (Å²) in [6.45, 7) is 0. The van der Waals surface area contributed by atoms with Gasteiger partial charge in [-0.15, -0.1) is 0 Å². The first-order chi connectivity index (χ1) is 17.8. The molecule has 0 atom stereocenters. The molecule has 12 heteroatoms. The maximum absolute atomic E-state index is 12.6. The molecule has 3 aromatic carbocycles. The lowest BCUT2D eigenvalue weighted by atomic mass is 10.1. The van der Waals surface area contributed by atoms with Crippen molar-refractivity contribution in [3.8, 4) is 22.8 Å². The highest BCUT2D eigenvalue weighted by molar-refractivity contribution is 7.80. The topological polar surface area (TPSA) is 123 Å². The van der Waals surface area contributed by atoms with Crippen LogP contribution in [0.4, 0.5) is 11.4 Å². The number of nitrogens with one attached hydrogen (secondary N) is 2. The molecule has 2 aromatic heterocycles. The third kappa shape index (κ3) is 5.31. The number of hydrogen-bond acceptors (Lipinski definition) is 7. The van der Waals surface area contributed by atoms with Crippen LogP contribution in [0.25, 0.3) is 33.9 Å². The fourth-order valence-corrected chi connectivity index (χ4v) is 4.20. The van der Waals surface area contributed by atoms with Gasteiger partial charge < -0.3 is 14.2 Å². The highest BCUT2D eigenvalue weighted by Crippen LogP contribution is 2.32. The molecule has 1 amide bonds. The van der Waals surface area contributed by atoms with Crippen molar-refractivity contribution >= 4 is 68.9 Å². The minimum absolute atomic E-state index is 0.0119. The third-order valence-corrected chi connectivity index (χ3v) is 5.96. The van der Waals surface area contributed by atoms with Crippen LogP contribution in [0, 0.1) is 10.1 Å². The number of oxazole rings is 1. The molecule has 184 valence electrons. The maximum Gasteiger partial charge on any atom is 0.293 e. The highest BCUT2D eigenvalue weighted by atomic mass is 35.5. The number of rotatable bonds is 5. The quantitative estimate of drug-likeness (QED) is 0.134. The number of nitro groups is 1. The van der Waals surface area contributed by atoms with Crippen molar-refractivity contribution in [2.45, 2.75) is 0 Å². The number of amides is 1. The van der Waals surface area contributed by atoms with Crippen LogP contribution < -0.4 is 10.6 Å². The van der Waals surface area contributed by atoms with Crippen LogP contribution in [0.3, 0.4) is 0 Å². The Labute approximate surface area is 224 Å². The Kier molecular flexibility index (Phi) is 6.62. The molecule has 2 N–H and O–H groups in total. The summed E-state index contributed by atoms with van der Waals surface area (Å²) in [6, 6.07) is 19.1. The van der Waals surface area contributed by atoms with Crippen LogP contribution in [0.5, 0.6) is 0 Å². The predicted octanol–water partition coefficient (Wildman–Crippen LogP) is 7.10. The van der Waals surface area contributed by atoms with E-state index in [9.17, 15) is 14.9 Å². The van der Waals surface area contributed by atoms with Crippen molar-refractivity contribution in [1.29, 1.82) is 0 Å². The lowest BCUT2D eigenvalue weighted by Crippen LogP contribution is -2.33. The molecule has 5 rings (SSSR count). The average Bonchev–Trinajstić information content (AvgIpc) is 3.51. The standard InChI is InChI=1S/C25H14Cl2N4O5S/c26-14-4-6-17(18(27)11-14)24-29-19-12-15(5-7-21(19)36-24)28-25(37)30-23(32)22-9-8-20(35-22)13-2-1-3-16(10-13)31(33)34/h1-12H,(H2,28,30,32,37). The van der Waals surface area contributed by atoms with E-state index in [1.165, 1.54) is 24.3 Å². The number of benzene rings is 3. The lowest BCUT2D eigenvalue weighted by molar-refractivity contribution is -0.384. The second-order valence-corrected chi connectivity index (χ2v) is 8.96. The summed E-state index contributed by atoms with van der Waals surface area (Å²) in [4.78, 5) is 27.6. The minimum Gasteiger partial charge on any atom is -0.451 e. The molecule has 0 aliphatic heterocycles. The zero-order valence-electron chi connectivity index (χ0n) is 18.5. The summed E-state index contributed by atoms with van der Waals surface area (Å²) in [5.41, 5.74) is 2.63. The van der Waals surface area contributed by atoms with E-state index in [2.05, 4.69) is 15.6 Å². The van der Waals surface area contributed by atoms with Gasteiger partial charge in [-0.2, -0.15) is 0 Å². The number of fused-ring (bicyclic) bond motifs is 1. The first kappa shape index (κ1) is 24.4. The molecule has 5 aromatic rings. The van der Waals surface area contributed by atoms with Gasteiger partial charge in [0, 0.05) is 28.4 Å². The van der Waals surface area contributed by atoms with Crippen LogP contribution in [-0.4, -0.2) is 20.9 Å². The number of anilines is 1. The number of carbonyl (C=O) groups excluding carboxylic acids is 1. The van der Waals surface area contributed by atoms with Gasteiger partial charge in [-0.3, -0.25) is 20.2 Å². The van der Waals surface area contributed by atoms with Crippen LogP contribution >= 0.6 is 35.4 Å². The van der Waals surface area contributed by atoms with E-state index in [4.69, 9.17) is 44.3 Å². The van der Waals surface area contributed by atoms with Gasteiger partial charge in [0.1, 0.15) is 11.3 Å². The fraction of sp³-hybridized carbons (Fsp3) is 0. The van der Waals surface area contributed by atoms with Gasteiger partial charge in [0.2, 0.25) is 5.89 Å². The Morgan fingerprint density at radius 1 is 1.00 bits per heavy atom. The van der Waals surface area contributed by atoms with Crippen LogP contribution in [0.2, 0.25) is 10.0 Å². The number of aromatic nitrogens is 1. The van der Waals surface area contributed by atoms with Crippen molar-refractivity contribution in [3.63, 3.8) is 0 Å². The number of nitro benzene ring substituents is 1. The molecule has 0 saturated carbocycles. The predicted molar refractivity (Wildman–Crippen MR) is 144 cm³/mol. The Morgan fingerprint density at radius 2 is 1.84 bits per heavy atom. The van der Waals surface area contributed by atoms with Crippen molar-refractivity contribution in [1.82, 2.24) is 10.3 Å². The van der Waals surface area contributed by atoms with E-state index in [1.54, 1.807) is 48.5 Å². The Bertz CT molecular complexity index is 1700. The SMILES string of the molecule is O=C(NC(=S)Nc1ccc2oc(-c3ccc(Cl)cc3Cl)nc2c1)c1ccc(-c2cccc([N+](=O)[O-])c2)o1. The smallest absolute Gasteiger partial charge is 0.293 e. The van der Waals surface area contributed by atoms with E-state index in [0.29, 0.717) is 49.6 Å². The molecule has 0 radical (unpaired) electrons. The molecule has 9 nitrogen and oxygen atoms in total. The van der Waals surface area contributed by atoms with Gasteiger partial charge >= 0.3 is 0 Å². The van der Waals surface area contributed by atoms with Crippen molar-refractivity contribution < 1.29 is 18.6 Å². The summed E-state index contributed by atoms with van der Waals surface area (Å²) in [7, 11) is 0. The average molecular weight is 553 g/mol. The summed E-state index contributed by atoms with van der Waals surface area (Å²) in [5, 5.41) is 17.4. The maximum atomic E-state index is 12.6. The molecule has 0 saturated heterocycles. The largest absolute Gasteiger partial charge is 0.451 e. The second kappa shape index (κ2) is 10.0. The van der Waals surface area contributed by atoms with E-state index in [0.717, 1.165) is 0 Å². The molecule has 2 heterocycles. The second-order valence-electron chi connectivity index (χ2n) is 7.71. The van der Waals surface area contributed by atoms with Crippen molar-refractivity contribution in [2.75, 3.05) is 5.32 Å². The third-order valence-electron chi connectivity index (χ3n) is 5.21. The van der Waals surface area contributed by atoms with Gasteiger partial charge in [-0.05, 0) is 60.7 Å². The summed E-state index contributed by atoms with van der Waals surface area (Å²) >= 11 is 17.5. The normalized spacial score (nSPS) is 10.9.